The number of β-lactam (4-membered cyclic amide) rings is 1. The van der Waals surface area contributed by atoms with Gasteiger partial charge in [0.05, 0.1) is 23.5 Å². The maximum absolute atomic E-state index is 14.8. The van der Waals surface area contributed by atoms with Crippen molar-refractivity contribution in [1.29, 1.82) is 0 Å². The molecule has 0 unspecified atom stereocenters. The van der Waals surface area contributed by atoms with Gasteiger partial charge in [0.1, 0.15) is 18.1 Å². The number of ether oxygens (including phenoxy) is 3. The first-order valence-electron chi connectivity index (χ1n) is 11.1. The van der Waals surface area contributed by atoms with E-state index in [0.29, 0.717) is 11.1 Å². The summed E-state index contributed by atoms with van der Waals surface area (Å²) in [4.78, 5) is 50.1. The van der Waals surface area contributed by atoms with E-state index in [4.69, 9.17) is 14.2 Å². The summed E-state index contributed by atoms with van der Waals surface area (Å²) in [6.07, 6.45) is -1.45. The first kappa shape index (κ1) is 26.1. The van der Waals surface area contributed by atoms with E-state index in [9.17, 15) is 28.7 Å². The summed E-state index contributed by atoms with van der Waals surface area (Å²) in [6, 6.07) is 3.65. The molecule has 0 spiro atoms. The molecule has 2 amide bonds. The van der Waals surface area contributed by atoms with Crippen molar-refractivity contribution in [3.8, 4) is 0 Å². The van der Waals surface area contributed by atoms with Crippen molar-refractivity contribution >= 4 is 29.5 Å². The molecule has 35 heavy (non-hydrogen) atoms. The number of aliphatic hydroxyl groups is 1. The lowest BCUT2D eigenvalue weighted by Crippen LogP contribution is -2.61. The number of rotatable bonds is 7. The van der Waals surface area contributed by atoms with Gasteiger partial charge in [-0.25, -0.2) is 14.0 Å². The summed E-state index contributed by atoms with van der Waals surface area (Å²) < 4.78 is 29.7. The molecule has 3 rings (SSSR count). The van der Waals surface area contributed by atoms with Gasteiger partial charge >= 0.3 is 18.0 Å². The maximum atomic E-state index is 14.8. The highest BCUT2D eigenvalue weighted by atomic mass is 19.1. The molecule has 3 atom stereocenters. The molecule has 0 bridgehead atoms. The van der Waals surface area contributed by atoms with Crippen LogP contribution in [0.3, 0.4) is 0 Å². The molecule has 2 N–H and O–H groups in total. The summed E-state index contributed by atoms with van der Waals surface area (Å²) in [5.41, 5.74) is -0.0749. The monoisotopic (exact) mass is 492 g/mol. The molecule has 11 heteroatoms. The van der Waals surface area contributed by atoms with Crippen molar-refractivity contribution in [2.24, 2.45) is 11.3 Å². The Bertz CT molecular complexity index is 1080. The van der Waals surface area contributed by atoms with Crippen molar-refractivity contribution < 1.29 is 42.9 Å². The zero-order valence-electron chi connectivity index (χ0n) is 20.2. The van der Waals surface area contributed by atoms with Gasteiger partial charge in [-0.2, -0.15) is 0 Å². The van der Waals surface area contributed by atoms with Crippen LogP contribution in [0.25, 0.3) is 5.57 Å². The average Bonchev–Trinajstić information content (AvgIpc) is 3.11. The number of alkyl carbamates (subject to hydrolysis) is 1. The fourth-order valence-corrected chi connectivity index (χ4v) is 4.01. The van der Waals surface area contributed by atoms with Crippen LogP contribution in [-0.2, 0) is 35.2 Å². The second kappa shape index (κ2) is 10.0. The maximum Gasteiger partial charge on any atom is 0.407 e. The Kier molecular flexibility index (Phi) is 7.49. The summed E-state index contributed by atoms with van der Waals surface area (Å²) in [5.74, 6) is -3.31. The van der Waals surface area contributed by atoms with Gasteiger partial charge in [-0.1, -0.05) is 12.1 Å². The number of nitrogens with one attached hydrogen (secondary N) is 1. The van der Waals surface area contributed by atoms with Crippen molar-refractivity contribution in [2.45, 2.75) is 52.9 Å². The molecule has 1 saturated heterocycles. The lowest BCUT2D eigenvalue weighted by Gasteiger charge is -2.44. The van der Waals surface area contributed by atoms with Gasteiger partial charge in [-0.15, -0.1) is 0 Å². The van der Waals surface area contributed by atoms with E-state index in [1.165, 1.54) is 31.0 Å². The Labute approximate surface area is 202 Å². The largest absolute Gasteiger partial charge is 0.445 e. The number of esters is 2. The van der Waals surface area contributed by atoms with E-state index in [1.807, 2.05) is 0 Å². The Morgan fingerprint density at radius 3 is 2.49 bits per heavy atom. The third-order valence-electron chi connectivity index (χ3n) is 5.88. The second-order valence-electron chi connectivity index (χ2n) is 9.44. The summed E-state index contributed by atoms with van der Waals surface area (Å²) in [7, 11) is 1.38. The number of fused-ring (bicyclic) bond motifs is 1. The van der Waals surface area contributed by atoms with Crippen LogP contribution in [0.4, 0.5) is 9.18 Å². The van der Waals surface area contributed by atoms with Crippen LogP contribution in [-0.4, -0.2) is 59.9 Å². The minimum Gasteiger partial charge on any atom is -0.445 e. The molecule has 2 aliphatic heterocycles. The number of hydrogen-bond donors (Lipinski definition) is 2. The standard InChI is InChI=1S/C24H29FN2O8/c1-12(28)18-17-9-15(13-6-7-14(16(25)8-13)10-33-23(32)26-5)19(27(17)20(18)29)21(30)34-11-35-22(31)24(2,3)4/h6-8,12,17-18,28H,9-11H2,1-5H3,(H,26,32)/t12-,17-,18-/m1/s1. The van der Waals surface area contributed by atoms with Gasteiger partial charge < -0.3 is 29.5 Å². The van der Waals surface area contributed by atoms with Crippen LogP contribution in [0, 0.1) is 17.2 Å². The number of nitrogens with zero attached hydrogens (tertiary/aromatic N) is 1. The van der Waals surface area contributed by atoms with Gasteiger partial charge in [0.15, 0.2) is 0 Å². The highest BCUT2D eigenvalue weighted by molar-refractivity contribution is 6.06. The molecule has 1 fully saturated rings. The third kappa shape index (κ3) is 5.29. The van der Waals surface area contributed by atoms with Crippen molar-refractivity contribution in [1.82, 2.24) is 10.2 Å². The summed E-state index contributed by atoms with van der Waals surface area (Å²) >= 11 is 0. The van der Waals surface area contributed by atoms with E-state index in [1.54, 1.807) is 26.8 Å². The van der Waals surface area contributed by atoms with E-state index >= 15 is 0 Å². The Balaban J connectivity index is 1.86. The van der Waals surface area contributed by atoms with E-state index in [0.717, 1.165) is 0 Å². The van der Waals surface area contributed by atoms with Crippen molar-refractivity contribution in [2.75, 3.05) is 13.8 Å². The molecule has 0 radical (unpaired) electrons. The zero-order valence-corrected chi connectivity index (χ0v) is 20.2. The number of halogens is 1. The van der Waals surface area contributed by atoms with Crippen LogP contribution in [0.5, 0.6) is 0 Å². The molecule has 2 aliphatic rings. The number of benzene rings is 1. The van der Waals surface area contributed by atoms with Crippen LogP contribution in [0.15, 0.2) is 23.9 Å². The van der Waals surface area contributed by atoms with Crippen LogP contribution >= 0.6 is 0 Å². The topological polar surface area (TPSA) is 131 Å². The molecular formula is C24H29FN2O8. The van der Waals surface area contributed by atoms with Gasteiger partial charge in [0, 0.05) is 12.6 Å². The van der Waals surface area contributed by atoms with E-state index < -0.39 is 60.0 Å². The molecule has 0 saturated carbocycles. The SMILES string of the molecule is CNC(=O)OCc1ccc(C2=C(C(=O)OCOC(=O)C(C)(C)C)N3C(=O)[C@H]([C@@H](C)O)[C@H]3C2)cc1F. The normalized spacial score (nSPS) is 20.1. The smallest absolute Gasteiger partial charge is 0.407 e. The number of aliphatic hydroxyl groups excluding tert-OH is 1. The van der Waals surface area contributed by atoms with Crippen molar-refractivity contribution in [3.63, 3.8) is 0 Å². The molecule has 1 aromatic rings. The van der Waals surface area contributed by atoms with Gasteiger partial charge in [-0.05, 0) is 51.3 Å². The van der Waals surface area contributed by atoms with E-state index in [2.05, 4.69) is 5.32 Å². The molecule has 190 valence electrons. The van der Waals surface area contributed by atoms with Gasteiger partial charge in [-0.3, -0.25) is 9.59 Å². The summed E-state index contributed by atoms with van der Waals surface area (Å²) in [5, 5.41) is 12.3. The number of carbonyl (C=O) groups is 4. The molecule has 0 aliphatic carbocycles. The lowest BCUT2D eigenvalue weighted by atomic mass is 9.82. The first-order chi connectivity index (χ1) is 16.4. The van der Waals surface area contributed by atoms with Crippen LogP contribution in [0.2, 0.25) is 0 Å². The van der Waals surface area contributed by atoms with Crippen LogP contribution in [0.1, 0.15) is 45.2 Å². The Morgan fingerprint density at radius 1 is 1.23 bits per heavy atom. The number of carbonyl (C=O) groups excluding carboxylic acids is 4. The second-order valence-corrected chi connectivity index (χ2v) is 9.44. The minimum absolute atomic E-state index is 0.0857. The first-order valence-corrected chi connectivity index (χ1v) is 11.1. The third-order valence-corrected chi connectivity index (χ3v) is 5.88. The molecule has 0 aromatic heterocycles. The van der Waals surface area contributed by atoms with Gasteiger partial charge in [0.2, 0.25) is 12.7 Å². The molecule has 2 heterocycles. The molecule has 10 nitrogen and oxygen atoms in total. The van der Waals surface area contributed by atoms with Gasteiger partial charge in [0.25, 0.3) is 0 Å². The highest BCUT2D eigenvalue weighted by Gasteiger charge is 2.57. The van der Waals surface area contributed by atoms with Crippen molar-refractivity contribution in [3.05, 3.63) is 40.8 Å². The fraction of sp³-hybridized carbons (Fsp3) is 0.500. The number of hydrogen-bond acceptors (Lipinski definition) is 8. The average molecular weight is 493 g/mol. The molecular weight excluding hydrogens is 463 g/mol. The summed E-state index contributed by atoms with van der Waals surface area (Å²) in [6.45, 7) is 5.48. The zero-order chi connectivity index (χ0) is 26.1. The fourth-order valence-electron chi connectivity index (χ4n) is 4.01. The Morgan fingerprint density at radius 2 is 1.91 bits per heavy atom. The van der Waals surface area contributed by atoms with Crippen LogP contribution < -0.4 is 5.32 Å². The quantitative estimate of drug-likeness (QED) is 0.336. The van der Waals surface area contributed by atoms with E-state index in [-0.39, 0.29) is 24.3 Å². The minimum atomic E-state index is -0.936. The number of amides is 2. The predicted molar refractivity (Wildman–Crippen MR) is 119 cm³/mol. The highest BCUT2D eigenvalue weighted by Crippen LogP contribution is 2.47. The predicted octanol–water partition coefficient (Wildman–Crippen LogP) is 2.09. The lowest BCUT2D eigenvalue weighted by molar-refractivity contribution is -0.175. The molecule has 1 aromatic carbocycles. The Hall–Kier alpha value is -3.47.